The lowest BCUT2D eigenvalue weighted by molar-refractivity contribution is 0.0716. The summed E-state index contributed by atoms with van der Waals surface area (Å²) in [5.41, 5.74) is 6.11. The Labute approximate surface area is 113 Å². The maximum atomic E-state index is 13.3. The topological polar surface area (TPSA) is 46.3 Å². The number of carbonyl (C=O) groups excluding carboxylic acids is 1. The maximum Gasteiger partial charge on any atom is 0.255 e. The monoisotopic (exact) mass is 262 g/mol. The van der Waals surface area contributed by atoms with E-state index in [9.17, 15) is 9.18 Å². The minimum atomic E-state index is -0.412. The van der Waals surface area contributed by atoms with E-state index in [4.69, 9.17) is 5.73 Å². The minimum absolute atomic E-state index is 0.0814. The van der Waals surface area contributed by atoms with Crippen molar-refractivity contribution in [3.8, 4) is 11.8 Å². The summed E-state index contributed by atoms with van der Waals surface area (Å²) in [5.74, 6) is 4.85. The highest BCUT2D eigenvalue weighted by Gasteiger charge is 2.19. The second kappa shape index (κ2) is 6.91. The third kappa shape index (κ3) is 3.80. The number of nitrogens with zero attached hydrogens (tertiary/aromatic N) is 1. The molecule has 1 aromatic carbocycles. The molecule has 0 spiro atoms. The zero-order chi connectivity index (χ0) is 14.4. The molecule has 2 N–H and O–H groups in total. The lowest BCUT2D eigenvalue weighted by Crippen LogP contribution is -2.37. The Morgan fingerprint density at radius 3 is 2.68 bits per heavy atom. The van der Waals surface area contributed by atoms with Crippen LogP contribution in [0.5, 0.6) is 0 Å². The molecule has 0 saturated heterocycles. The van der Waals surface area contributed by atoms with Crippen LogP contribution in [0.25, 0.3) is 0 Å². The number of hydrogen-bond acceptors (Lipinski definition) is 2. The van der Waals surface area contributed by atoms with E-state index in [0.29, 0.717) is 17.7 Å². The summed E-state index contributed by atoms with van der Waals surface area (Å²) >= 11 is 0. The van der Waals surface area contributed by atoms with Crippen molar-refractivity contribution in [1.82, 2.24) is 4.90 Å². The number of hydrogen-bond donors (Lipinski definition) is 1. The van der Waals surface area contributed by atoms with E-state index in [1.54, 1.807) is 4.90 Å². The number of rotatable bonds is 3. The molecule has 0 radical (unpaired) electrons. The third-order valence-corrected chi connectivity index (χ3v) is 2.76. The fourth-order valence-corrected chi connectivity index (χ4v) is 1.85. The Morgan fingerprint density at radius 1 is 1.47 bits per heavy atom. The summed E-state index contributed by atoms with van der Waals surface area (Å²) in [7, 11) is 0. The molecule has 4 heteroatoms. The van der Waals surface area contributed by atoms with E-state index in [1.165, 1.54) is 18.2 Å². The molecule has 0 aliphatic heterocycles. The van der Waals surface area contributed by atoms with Gasteiger partial charge in [-0.05, 0) is 39.0 Å². The van der Waals surface area contributed by atoms with Gasteiger partial charge in [-0.1, -0.05) is 11.8 Å². The number of carbonyl (C=O) groups is 1. The van der Waals surface area contributed by atoms with Crippen LogP contribution in [0.1, 0.15) is 36.7 Å². The average Bonchev–Trinajstić information content (AvgIpc) is 2.36. The van der Waals surface area contributed by atoms with Gasteiger partial charge in [-0.2, -0.15) is 0 Å². The predicted octanol–water partition coefficient (Wildman–Crippen LogP) is 2.01. The first-order valence-corrected chi connectivity index (χ1v) is 6.30. The smallest absolute Gasteiger partial charge is 0.255 e. The molecule has 19 heavy (non-hydrogen) atoms. The first kappa shape index (κ1) is 15.2. The van der Waals surface area contributed by atoms with Crippen molar-refractivity contribution in [3.63, 3.8) is 0 Å². The van der Waals surface area contributed by atoms with Gasteiger partial charge in [0.2, 0.25) is 0 Å². The van der Waals surface area contributed by atoms with Crippen molar-refractivity contribution in [3.05, 3.63) is 35.1 Å². The van der Waals surface area contributed by atoms with Crippen LogP contribution in [0.2, 0.25) is 0 Å². The first-order chi connectivity index (χ1) is 9.01. The standard InChI is InChI=1S/C15H19FN2O/c1-4-18(11(2)3)15(19)14-8-7-13(16)10-12(14)6-5-9-17/h7-8,10-11H,4,9,17H2,1-3H3. The average molecular weight is 262 g/mol. The SMILES string of the molecule is CCN(C(=O)c1ccc(F)cc1C#CCN)C(C)C. The van der Waals surface area contributed by atoms with E-state index in [-0.39, 0.29) is 18.5 Å². The highest BCUT2D eigenvalue weighted by molar-refractivity contribution is 5.97. The second-order valence-corrected chi connectivity index (χ2v) is 4.38. The predicted molar refractivity (Wildman–Crippen MR) is 74.2 cm³/mol. The van der Waals surface area contributed by atoms with Crippen LogP contribution in [-0.4, -0.2) is 29.9 Å². The number of halogens is 1. The summed E-state index contributed by atoms with van der Waals surface area (Å²) in [6.07, 6.45) is 0. The number of amides is 1. The summed E-state index contributed by atoms with van der Waals surface area (Å²) < 4.78 is 13.3. The van der Waals surface area contributed by atoms with Gasteiger partial charge < -0.3 is 10.6 Å². The highest BCUT2D eigenvalue weighted by atomic mass is 19.1. The van der Waals surface area contributed by atoms with Crippen molar-refractivity contribution in [2.45, 2.75) is 26.8 Å². The van der Waals surface area contributed by atoms with Crippen LogP contribution in [0.15, 0.2) is 18.2 Å². The molecule has 1 rings (SSSR count). The van der Waals surface area contributed by atoms with Gasteiger partial charge in [-0.3, -0.25) is 4.79 Å². The molecule has 0 heterocycles. The minimum Gasteiger partial charge on any atom is -0.336 e. The van der Waals surface area contributed by atoms with E-state index in [2.05, 4.69) is 11.8 Å². The third-order valence-electron chi connectivity index (χ3n) is 2.76. The molecule has 1 amide bonds. The van der Waals surface area contributed by atoms with Crippen molar-refractivity contribution < 1.29 is 9.18 Å². The number of nitrogens with two attached hydrogens (primary N) is 1. The van der Waals surface area contributed by atoms with Gasteiger partial charge in [0.05, 0.1) is 12.1 Å². The number of benzene rings is 1. The Morgan fingerprint density at radius 2 is 2.16 bits per heavy atom. The quantitative estimate of drug-likeness (QED) is 0.847. The Balaban J connectivity index is 3.22. The van der Waals surface area contributed by atoms with E-state index in [0.717, 1.165) is 0 Å². The largest absolute Gasteiger partial charge is 0.336 e. The summed E-state index contributed by atoms with van der Waals surface area (Å²) in [4.78, 5) is 14.1. The van der Waals surface area contributed by atoms with Crippen LogP contribution >= 0.6 is 0 Å². The van der Waals surface area contributed by atoms with Gasteiger partial charge >= 0.3 is 0 Å². The normalized spacial score (nSPS) is 10.0. The molecule has 0 saturated carbocycles. The summed E-state index contributed by atoms with van der Waals surface area (Å²) in [6, 6.07) is 4.10. The van der Waals surface area contributed by atoms with Crippen LogP contribution in [0, 0.1) is 17.7 Å². The molecular weight excluding hydrogens is 243 g/mol. The molecule has 0 bridgehead atoms. The van der Waals surface area contributed by atoms with Crippen molar-refractivity contribution in [2.24, 2.45) is 5.73 Å². The van der Waals surface area contributed by atoms with Gasteiger partial charge in [0.15, 0.2) is 0 Å². The van der Waals surface area contributed by atoms with Gasteiger partial charge in [-0.25, -0.2) is 4.39 Å². The van der Waals surface area contributed by atoms with E-state index < -0.39 is 5.82 Å². The molecule has 0 aliphatic rings. The van der Waals surface area contributed by atoms with E-state index in [1.807, 2.05) is 20.8 Å². The fraction of sp³-hybridized carbons (Fsp3) is 0.400. The Bertz CT molecular complexity index is 515. The van der Waals surface area contributed by atoms with Gasteiger partial charge in [-0.15, -0.1) is 0 Å². The Kier molecular flexibility index (Phi) is 5.53. The zero-order valence-corrected chi connectivity index (χ0v) is 11.5. The van der Waals surface area contributed by atoms with Crippen LogP contribution in [-0.2, 0) is 0 Å². The van der Waals surface area contributed by atoms with Crippen molar-refractivity contribution in [1.29, 1.82) is 0 Å². The zero-order valence-electron chi connectivity index (χ0n) is 11.5. The molecule has 3 nitrogen and oxygen atoms in total. The molecule has 0 fully saturated rings. The van der Waals surface area contributed by atoms with Crippen molar-refractivity contribution in [2.75, 3.05) is 13.1 Å². The molecule has 0 aliphatic carbocycles. The fourth-order valence-electron chi connectivity index (χ4n) is 1.85. The lowest BCUT2D eigenvalue weighted by Gasteiger charge is -2.25. The summed E-state index contributed by atoms with van der Waals surface area (Å²) in [5, 5.41) is 0. The maximum absolute atomic E-state index is 13.3. The molecule has 102 valence electrons. The van der Waals surface area contributed by atoms with Crippen LogP contribution < -0.4 is 5.73 Å². The van der Waals surface area contributed by atoms with Crippen LogP contribution in [0.4, 0.5) is 4.39 Å². The molecule has 0 atom stereocenters. The molecular formula is C15H19FN2O. The molecule has 0 aromatic heterocycles. The van der Waals surface area contributed by atoms with Gasteiger partial charge in [0.1, 0.15) is 5.82 Å². The van der Waals surface area contributed by atoms with Gasteiger partial charge in [0.25, 0.3) is 5.91 Å². The van der Waals surface area contributed by atoms with Crippen LogP contribution in [0.3, 0.4) is 0 Å². The molecule has 1 aromatic rings. The highest BCUT2D eigenvalue weighted by Crippen LogP contribution is 2.14. The summed E-state index contributed by atoms with van der Waals surface area (Å²) in [6.45, 7) is 6.56. The first-order valence-electron chi connectivity index (χ1n) is 6.30. The second-order valence-electron chi connectivity index (χ2n) is 4.38. The van der Waals surface area contributed by atoms with E-state index >= 15 is 0 Å². The Hall–Kier alpha value is -1.86. The lowest BCUT2D eigenvalue weighted by atomic mass is 10.1. The molecule has 0 unspecified atom stereocenters. The van der Waals surface area contributed by atoms with Gasteiger partial charge in [0, 0.05) is 18.2 Å². The van der Waals surface area contributed by atoms with Crippen molar-refractivity contribution >= 4 is 5.91 Å².